The third-order valence-electron chi connectivity index (χ3n) is 4.86. The van der Waals surface area contributed by atoms with E-state index in [1.807, 2.05) is 0 Å². The Morgan fingerprint density at radius 1 is 1.04 bits per heavy atom. The average molecular weight is 318 g/mol. The fourth-order valence-electron chi connectivity index (χ4n) is 3.53. The molecule has 2 aliphatic rings. The highest BCUT2D eigenvalue weighted by atomic mass is 19.1. The first-order valence-electron chi connectivity index (χ1n) is 8.52. The Balaban J connectivity index is 1.61. The standard InChI is InChI=1S/C18H23FN2O2/c19-13-7-9-15(10-8-13)21-12-11-16(18(21)23)17(22)20-14-5-3-1-2-4-6-14/h7-10,14,16H,1-6,11-12H2,(H,20,22)/t16-/m0/s1. The molecule has 0 unspecified atom stereocenters. The quantitative estimate of drug-likeness (QED) is 0.688. The molecule has 1 heterocycles. The van der Waals surface area contributed by atoms with Crippen LogP contribution in [0.5, 0.6) is 0 Å². The van der Waals surface area contributed by atoms with Crippen molar-refractivity contribution < 1.29 is 14.0 Å². The summed E-state index contributed by atoms with van der Waals surface area (Å²) in [5.41, 5.74) is 0.654. The maximum absolute atomic E-state index is 13.0. The van der Waals surface area contributed by atoms with Crippen molar-refractivity contribution in [2.45, 2.75) is 51.0 Å². The van der Waals surface area contributed by atoms with Crippen LogP contribution in [0.15, 0.2) is 24.3 Å². The van der Waals surface area contributed by atoms with Crippen LogP contribution in [0.3, 0.4) is 0 Å². The lowest BCUT2D eigenvalue weighted by molar-refractivity contribution is -0.132. The zero-order valence-electron chi connectivity index (χ0n) is 13.3. The first kappa shape index (κ1) is 16.0. The van der Waals surface area contributed by atoms with E-state index in [1.165, 1.54) is 25.0 Å². The molecule has 1 saturated carbocycles. The highest BCUT2D eigenvalue weighted by Gasteiger charge is 2.38. The Bertz CT molecular complexity index is 565. The highest BCUT2D eigenvalue weighted by Crippen LogP contribution is 2.26. The molecule has 1 saturated heterocycles. The largest absolute Gasteiger partial charge is 0.353 e. The number of carbonyl (C=O) groups excluding carboxylic acids is 2. The van der Waals surface area contributed by atoms with E-state index in [4.69, 9.17) is 0 Å². The number of nitrogens with one attached hydrogen (secondary N) is 1. The second-order valence-corrected chi connectivity index (χ2v) is 6.50. The molecule has 0 bridgehead atoms. The van der Waals surface area contributed by atoms with Crippen molar-refractivity contribution in [3.8, 4) is 0 Å². The zero-order valence-corrected chi connectivity index (χ0v) is 13.3. The molecule has 23 heavy (non-hydrogen) atoms. The van der Waals surface area contributed by atoms with Gasteiger partial charge in [0.15, 0.2) is 0 Å². The van der Waals surface area contributed by atoms with Crippen molar-refractivity contribution in [2.24, 2.45) is 5.92 Å². The zero-order chi connectivity index (χ0) is 16.2. The van der Waals surface area contributed by atoms with Gasteiger partial charge in [0.25, 0.3) is 0 Å². The van der Waals surface area contributed by atoms with Crippen molar-refractivity contribution in [2.75, 3.05) is 11.4 Å². The molecular formula is C18H23FN2O2. The predicted molar refractivity (Wildman–Crippen MR) is 86.5 cm³/mol. The van der Waals surface area contributed by atoms with Crippen LogP contribution in [-0.4, -0.2) is 24.4 Å². The van der Waals surface area contributed by atoms with Gasteiger partial charge in [-0.1, -0.05) is 25.7 Å². The molecule has 0 radical (unpaired) electrons. The monoisotopic (exact) mass is 318 g/mol. The van der Waals surface area contributed by atoms with Crippen LogP contribution in [0.2, 0.25) is 0 Å². The molecule has 5 heteroatoms. The van der Waals surface area contributed by atoms with E-state index in [2.05, 4.69) is 5.32 Å². The minimum Gasteiger partial charge on any atom is -0.353 e. The van der Waals surface area contributed by atoms with E-state index in [0.717, 1.165) is 25.7 Å². The fraction of sp³-hybridized carbons (Fsp3) is 0.556. The summed E-state index contributed by atoms with van der Waals surface area (Å²) < 4.78 is 13.0. The van der Waals surface area contributed by atoms with Crippen LogP contribution < -0.4 is 10.2 Å². The normalized spacial score (nSPS) is 22.9. The Morgan fingerprint density at radius 3 is 2.35 bits per heavy atom. The third-order valence-corrected chi connectivity index (χ3v) is 4.86. The van der Waals surface area contributed by atoms with Crippen LogP contribution >= 0.6 is 0 Å². The van der Waals surface area contributed by atoms with Gasteiger partial charge in [0.1, 0.15) is 11.7 Å². The number of nitrogens with zero attached hydrogens (tertiary/aromatic N) is 1. The Kier molecular flexibility index (Phi) is 4.94. The van der Waals surface area contributed by atoms with Crippen molar-refractivity contribution in [3.05, 3.63) is 30.1 Å². The molecule has 0 spiro atoms. The van der Waals surface area contributed by atoms with E-state index in [0.29, 0.717) is 18.7 Å². The molecule has 2 amide bonds. The molecule has 4 nitrogen and oxygen atoms in total. The third kappa shape index (κ3) is 3.71. The van der Waals surface area contributed by atoms with Crippen LogP contribution in [0.4, 0.5) is 10.1 Å². The molecule has 0 aromatic heterocycles. The van der Waals surface area contributed by atoms with Crippen LogP contribution in [0.1, 0.15) is 44.9 Å². The fourth-order valence-corrected chi connectivity index (χ4v) is 3.53. The van der Waals surface area contributed by atoms with Gasteiger partial charge in [-0.2, -0.15) is 0 Å². The summed E-state index contributed by atoms with van der Waals surface area (Å²) in [5, 5.41) is 3.07. The molecule has 2 fully saturated rings. The maximum atomic E-state index is 13.0. The molecule has 1 N–H and O–H groups in total. The van der Waals surface area contributed by atoms with Crippen LogP contribution in [0.25, 0.3) is 0 Å². The van der Waals surface area contributed by atoms with Gasteiger partial charge in [0.2, 0.25) is 11.8 Å². The van der Waals surface area contributed by atoms with Crippen LogP contribution in [0, 0.1) is 11.7 Å². The molecule has 1 aromatic carbocycles. The van der Waals surface area contributed by atoms with E-state index >= 15 is 0 Å². The summed E-state index contributed by atoms with van der Waals surface area (Å²) in [6.45, 7) is 0.507. The lowest BCUT2D eigenvalue weighted by Gasteiger charge is -2.19. The molecule has 1 aromatic rings. The molecule has 124 valence electrons. The first-order valence-corrected chi connectivity index (χ1v) is 8.52. The van der Waals surface area contributed by atoms with Crippen molar-refractivity contribution in [1.29, 1.82) is 0 Å². The van der Waals surface area contributed by atoms with E-state index < -0.39 is 5.92 Å². The Morgan fingerprint density at radius 2 is 1.70 bits per heavy atom. The number of carbonyl (C=O) groups is 2. The Hall–Kier alpha value is -1.91. The Labute approximate surface area is 136 Å². The van der Waals surface area contributed by atoms with Crippen molar-refractivity contribution >= 4 is 17.5 Å². The second-order valence-electron chi connectivity index (χ2n) is 6.50. The van der Waals surface area contributed by atoms with Gasteiger partial charge in [-0.15, -0.1) is 0 Å². The summed E-state index contributed by atoms with van der Waals surface area (Å²) in [7, 11) is 0. The lowest BCUT2D eigenvalue weighted by Crippen LogP contribution is -2.41. The second kappa shape index (κ2) is 7.11. The highest BCUT2D eigenvalue weighted by molar-refractivity contribution is 6.09. The average Bonchev–Trinajstić information content (AvgIpc) is 2.75. The number of rotatable bonds is 3. The number of benzene rings is 1. The molecule has 3 rings (SSSR count). The van der Waals surface area contributed by atoms with Gasteiger partial charge in [-0.3, -0.25) is 9.59 Å². The summed E-state index contributed by atoms with van der Waals surface area (Å²) >= 11 is 0. The van der Waals surface area contributed by atoms with Crippen molar-refractivity contribution in [3.63, 3.8) is 0 Å². The number of hydrogen-bond acceptors (Lipinski definition) is 2. The minimum atomic E-state index is -0.608. The van der Waals surface area contributed by atoms with Gasteiger partial charge in [-0.05, 0) is 43.5 Å². The predicted octanol–water partition coefficient (Wildman–Crippen LogP) is 3.02. The number of amides is 2. The number of anilines is 1. The SMILES string of the molecule is O=C(NC1CCCCCC1)[C@@H]1CCN(c2ccc(F)cc2)C1=O. The maximum Gasteiger partial charge on any atom is 0.239 e. The lowest BCUT2D eigenvalue weighted by atomic mass is 10.0. The summed E-state index contributed by atoms with van der Waals surface area (Å²) in [5.74, 6) is -1.26. The number of hydrogen-bond donors (Lipinski definition) is 1. The molecule has 1 aliphatic heterocycles. The van der Waals surface area contributed by atoms with Crippen LogP contribution in [-0.2, 0) is 9.59 Å². The van der Waals surface area contributed by atoms with Gasteiger partial charge in [0, 0.05) is 18.3 Å². The summed E-state index contributed by atoms with van der Waals surface area (Å²) in [6.07, 6.45) is 7.29. The topological polar surface area (TPSA) is 49.4 Å². The summed E-state index contributed by atoms with van der Waals surface area (Å²) in [6, 6.07) is 6.04. The number of halogens is 1. The van der Waals surface area contributed by atoms with E-state index in [-0.39, 0.29) is 23.7 Å². The summed E-state index contributed by atoms with van der Waals surface area (Å²) in [4.78, 5) is 26.5. The van der Waals surface area contributed by atoms with E-state index in [1.54, 1.807) is 17.0 Å². The molecule has 1 aliphatic carbocycles. The minimum absolute atomic E-state index is 0.147. The van der Waals surface area contributed by atoms with Gasteiger partial charge < -0.3 is 10.2 Å². The molecular weight excluding hydrogens is 295 g/mol. The van der Waals surface area contributed by atoms with Gasteiger partial charge in [0.05, 0.1) is 0 Å². The first-order chi connectivity index (χ1) is 11.1. The van der Waals surface area contributed by atoms with Gasteiger partial charge in [-0.25, -0.2) is 4.39 Å². The van der Waals surface area contributed by atoms with Crippen molar-refractivity contribution in [1.82, 2.24) is 5.32 Å². The molecule has 1 atom stereocenters. The van der Waals surface area contributed by atoms with Gasteiger partial charge >= 0.3 is 0 Å². The smallest absolute Gasteiger partial charge is 0.239 e. The van der Waals surface area contributed by atoms with E-state index in [9.17, 15) is 14.0 Å².